The van der Waals surface area contributed by atoms with Gasteiger partial charge in [-0.15, -0.1) is 0 Å². The van der Waals surface area contributed by atoms with Gasteiger partial charge in [-0.3, -0.25) is 0 Å². The van der Waals surface area contributed by atoms with Crippen molar-refractivity contribution in [1.82, 2.24) is 0 Å². The van der Waals surface area contributed by atoms with Crippen LogP contribution in [-0.4, -0.2) is 51.6 Å². The van der Waals surface area contributed by atoms with Gasteiger partial charge in [0.15, 0.2) is 0 Å². The average Bonchev–Trinajstić information content (AvgIpc) is 3.25. The standard InChI is InChI=1S/C35H54B2O4/c1-3-5-7-9-11-13-21-35(22-14-12-10-8-6-4-2)33-27-29(36-40-25-15-23-38)17-19-31(33)32-20-18-30(28-34(32)35)37-41-26-16-24-39/h17-20,27-28,38-39H,3-16,21-26H2,1-2H3. The lowest BCUT2D eigenvalue weighted by Crippen LogP contribution is -2.29. The quantitative estimate of drug-likeness (QED) is 0.110. The lowest BCUT2D eigenvalue weighted by atomic mass is 9.68. The fourth-order valence-electron chi connectivity index (χ4n) is 6.36. The molecule has 1 aliphatic rings. The van der Waals surface area contributed by atoms with Gasteiger partial charge in [-0.25, -0.2) is 0 Å². The van der Waals surface area contributed by atoms with E-state index < -0.39 is 0 Å². The molecule has 0 unspecified atom stereocenters. The maximum atomic E-state index is 9.15. The normalized spacial score (nSPS) is 13.3. The third-order valence-electron chi connectivity index (χ3n) is 8.60. The maximum Gasteiger partial charge on any atom is 0.329 e. The molecule has 224 valence electrons. The molecule has 0 heterocycles. The van der Waals surface area contributed by atoms with Crippen LogP contribution in [-0.2, 0) is 14.7 Å². The Morgan fingerprint density at radius 3 is 1.39 bits per heavy atom. The summed E-state index contributed by atoms with van der Waals surface area (Å²) in [5.41, 5.74) is 7.81. The van der Waals surface area contributed by atoms with Crippen molar-refractivity contribution in [2.24, 2.45) is 0 Å². The molecular formula is C35H54B2O4. The highest BCUT2D eigenvalue weighted by Gasteiger charge is 2.42. The second-order valence-electron chi connectivity index (χ2n) is 11.9. The van der Waals surface area contributed by atoms with Crippen LogP contribution in [0.3, 0.4) is 0 Å². The van der Waals surface area contributed by atoms with Gasteiger partial charge in [0.2, 0.25) is 0 Å². The molecule has 1 aliphatic carbocycles. The summed E-state index contributed by atoms with van der Waals surface area (Å²) in [6.07, 6.45) is 19.2. The number of fused-ring (bicyclic) bond motifs is 3. The van der Waals surface area contributed by atoms with Gasteiger partial charge in [0.05, 0.1) is 0 Å². The lowest BCUT2D eigenvalue weighted by Gasteiger charge is -2.33. The molecule has 0 spiro atoms. The first-order chi connectivity index (χ1) is 20.2. The molecule has 2 N–H and O–H groups in total. The fourth-order valence-corrected chi connectivity index (χ4v) is 6.36. The Kier molecular flexibility index (Phi) is 16.2. The van der Waals surface area contributed by atoms with Crippen molar-refractivity contribution in [2.75, 3.05) is 26.4 Å². The summed E-state index contributed by atoms with van der Waals surface area (Å²) >= 11 is 0. The molecule has 0 amide bonds. The van der Waals surface area contributed by atoms with Gasteiger partial charge in [0.25, 0.3) is 0 Å². The highest BCUT2D eigenvalue weighted by atomic mass is 16.4. The molecule has 0 atom stereocenters. The molecule has 0 aromatic heterocycles. The Bertz CT molecular complexity index is 917. The van der Waals surface area contributed by atoms with E-state index >= 15 is 0 Å². The smallest absolute Gasteiger partial charge is 0.329 e. The van der Waals surface area contributed by atoms with E-state index in [1.165, 1.54) is 99.3 Å². The van der Waals surface area contributed by atoms with Gasteiger partial charge in [-0.2, -0.15) is 0 Å². The highest BCUT2D eigenvalue weighted by molar-refractivity contribution is 6.47. The average molecular weight is 560 g/mol. The number of hydrogen-bond donors (Lipinski definition) is 2. The minimum absolute atomic E-state index is 0.00984. The molecule has 0 saturated carbocycles. The molecule has 2 aromatic rings. The SMILES string of the molecule is CCCCCCCCC1(CCCCCCCC)c2cc([B]OCCCO)ccc2-c2ccc([B]OCCCO)cc21. The van der Waals surface area contributed by atoms with Crippen molar-refractivity contribution in [3.05, 3.63) is 47.5 Å². The maximum absolute atomic E-state index is 9.15. The number of unbranched alkanes of at least 4 members (excludes halogenated alkanes) is 10. The zero-order valence-corrected chi connectivity index (χ0v) is 26.0. The Hall–Kier alpha value is -1.59. The first-order valence-electron chi connectivity index (χ1n) is 16.6. The number of benzene rings is 2. The third-order valence-corrected chi connectivity index (χ3v) is 8.60. The molecule has 2 aromatic carbocycles. The second kappa shape index (κ2) is 19.6. The first-order valence-corrected chi connectivity index (χ1v) is 16.6. The van der Waals surface area contributed by atoms with Crippen LogP contribution in [0.4, 0.5) is 0 Å². The second-order valence-corrected chi connectivity index (χ2v) is 11.9. The summed E-state index contributed by atoms with van der Waals surface area (Å²) in [5, 5.41) is 18.3. The third kappa shape index (κ3) is 10.3. The minimum atomic E-state index is -0.00984. The van der Waals surface area contributed by atoms with E-state index in [0.717, 1.165) is 23.8 Å². The van der Waals surface area contributed by atoms with Crippen molar-refractivity contribution in [2.45, 2.75) is 122 Å². The summed E-state index contributed by atoms with van der Waals surface area (Å²) in [5.74, 6) is 0. The van der Waals surface area contributed by atoms with Gasteiger partial charge >= 0.3 is 15.0 Å². The number of aliphatic hydroxyl groups is 2. The van der Waals surface area contributed by atoms with E-state index in [1.807, 2.05) is 15.0 Å². The van der Waals surface area contributed by atoms with Crippen molar-refractivity contribution in [1.29, 1.82) is 0 Å². The van der Waals surface area contributed by atoms with E-state index in [-0.39, 0.29) is 18.6 Å². The molecule has 0 saturated heterocycles. The molecule has 2 radical (unpaired) electrons. The largest absolute Gasteiger partial charge is 0.434 e. The number of rotatable bonds is 24. The topological polar surface area (TPSA) is 58.9 Å². The van der Waals surface area contributed by atoms with Gasteiger partial charge in [-0.05, 0) is 47.9 Å². The van der Waals surface area contributed by atoms with E-state index in [0.29, 0.717) is 26.1 Å². The minimum Gasteiger partial charge on any atom is -0.434 e. The lowest BCUT2D eigenvalue weighted by molar-refractivity contribution is 0.240. The predicted octanol–water partition coefficient (Wildman–Crippen LogP) is 6.74. The Morgan fingerprint density at radius 1 is 0.561 bits per heavy atom. The van der Waals surface area contributed by atoms with E-state index in [4.69, 9.17) is 19.5 Å². The Labute approximate surface area is 252 Å². The summed E-state index contributed by atoms with van der Waals surface area (Å²) in [4.78, 5) is 0. The highest BCUT2D eigenvalue weighted by Crippen LogP contribution is 2.53. The van der Waals surface area contributed by atoms with Gasteiger partial charge < -0.3 is 19.5 Å². The van der Waals surface area contributed by atoms with Crippen LogP contribution in [0.15, 0.2) is 36.4 Å². The van der Waals surface area contributed by atoms with Gasteiger partial charge in [0.1, 0.15) is 0 Å². The van der Waals surface area contributed by atoms with Crippen molar-refractivity contribution in [3.8, 4) is 11.1 Å². The van der Waals surface area contributed by atoms with E-state index in [1.54, 1.807) is 0 Å². The molecule has 41 heavy (non-hydrogen) atoms. The molecule has 6 heteroatoms. The molecule has 4 nitrogen and oxygen atoms in total. The predicted molar refractivity (Wildman–Crippen MR) is 175 cm³/mol. The van der Waals surface area contributed by atoms with Crippen LogP contribution in [0.25, 0.3) is 11.1 Å². The zero-order valence-electron chi connectivity index (χ0n) is 26.0. The number of aliphatic hydroxyl groups excluding tert-OH is 2. The Morgan fingerprint density at radius 2 is 0.976 bits per heavy atom. The molecule has 0 bridgehead atoms. The monoisotopic (exact) mass is 560 g/mol. The number of hydrogen-bond acceptors (Lipinski definition) is 4. The van der Waals surface area contributed by atoms with Crippen LogP contribution in [0.1, 0.15) is 128 Å². The first kappa shape index (κ1) is 33.9. The summed E-state index contributed by atoms with van der Waals surface area (Å²) in [7, 11) is 3.74. The Balaban J connectivity index is 1.92. The van der Waals surface area contributed by atoms with Crippen molar-refractivity contribution < 1.29 is 19.5 Å². The van der Waals surface area contributed by atoms with Crippen LogP contribution < -0.4 is 10.9 Å². The van der Waals surface area contributed by atoms with Crippen molar-refractivity contribution >= 4 is 25.9 Å². The molecule has 0 aliphatic heterocycles. The van der Waals surface area contributed by atoms with Crippen molar-refractivity contribution in [3.63, 3.8) is 0 Å². The van der Waals surface area contributed by atoms with Gasteiger partial charge in [-0.1, -0.05) is 138 Å². The van der Waals surface area contributed by atoms with E-state index in [2.05, 4.69) is 50.2 Å². The summed E-state index contributed by atoms with van der Waals surface area (Å²) < 4.78 is 11.6. The van der Waals surface area contributed by atoms with Crippen LogP contribution in [0.5, 0.6) is 0 Å². The van der Waals surface area contributed by atoms with Gasteiger partial charge in [0, 0.05) is 31.8 Å². The fraction of sp³-hybridized carbons (Fsp3) is 0.657. The van der Waals surface area contributed by atoms with Crippen LogP contribution >= 0.6 is 0 Å². The van der Waals surface area contributed by atoms with E-state index in [9.17, 15) is 0 Å². The summed E-state index contributed by atoms with van der Waals surface area (Å²) in [6, 6.07) is 13.7. The molecule has 0 fully saturated rings. The molecule has 3 rings (SSSR count). The van der Waals surface area contributed by atoms with Crippen LogP contribution in [0, 0.1) is 0 Å². The summed E-state index contributed by atoms with van der Waals surface area (Å²) in [6.45, 7) is 5.93. The van der Waals surface area contributed by atoms with Crippen LogP contribution in [0.2, 0.25) is 0 Å². The molecular weight excluding hydrogens is 506 g/mol. The zero-order chi connectivity index (χ0) is 29.2.